The molecule has 0 bridgehead atoms. The Morgan fingerprint density at radius 2 is 1.77 bits per heavy atom. The summed E-state index contributed by atoms with van der Waals surface area (Å²) in [5.74, 6) is -0.294. The Kier molecular flexibility index (Phi) is 3.55. The van der Waals surface area contributed by atoms with Crippen LogP contribution in [0.4, 0.5) is 5.69 Å². The molecule has 0 aromatic heterocycles. The minimum Gasteiger partial charge on any atom is -0.506 e. The van der Waals surface area contributed by atoms with Crippen LogP contribution in [0.2, 0.25) is 0 Å². The molecule has 3 heteroatoms. The van der Waals surface area contributed by atoms with Gasteiger partial charge in [-0.2, -0.15) is 0 Å². The number of hydrogen-bond acceptors (Lipinski definition) is 2. The number of amides is 1. The molecular formula is C19H17NO2. The molecule has 110 valence electrons. The highest BCUT2D eigenvalue weighted by atomic mass is 16.3. The van der Waals surface area contributed by atoms with Gasteiger partial charge in [0.1, 0.15) is 5.75 Å². The van der Waals surface area contributed by atoms with Gasteiger partial charge in [0.25, 0.3) is 5.91 Å². The van der Waals surface area contributed by atoms with Crippen LogP contribution in [0, 0.1) is 13.8 Å². The summed E-state index contributed by atoms with van der Waals surface area (Å²) in [5.41, 5.74) is 3.10. The minimum absolute atomic E-state index is 0.0147. The minimum atomic E-state index is -0.308. The maximum absolute atomic E-state index is 12.5. The molecule has 3 nitrogen and oxygen atoms in total. The maximum Gasteiger partial charge on any atom is 0.259 e. The molecule has 0 saturated heterocycles. The van der Waals surface area contributed by atoms with E-state index in [1.165, 1.54) is 0 Å². The van der Waals surface area contributed by atoms with Gasteiger partial charge >= 0.3 is 0 Å². The molecule has 3 aromatic rings. The van der Waals surface area contributed by atoms with Gasteiger partial charge in [0.2, 0.25) is 0 Å². The fourth-order valence-electron chi connectivity index (χ4n) is 2.50. The molecule has 3 rings (SSSR count). The predicted molar refractivity (Wildman–Crippen MR) is 89.5 cm³/mol. The summed E-state index contributed by atoms with van der Waals surface area (Å²) < 4.78 is 0. The fourth-order valence-corrected chi connectivity index (χ4v) is 2.50. The number of nitrogens with one attached hydrogen (secondary N) is 1. The van der Waals surface area contributed by atoms with Crippen LogP contribution in [0.25, 0.3) is 10.8 Å². The number of carbonyl (C=O) groups is 1. The number of rotatable bonds is 2. The first-order valence-corrected chi connectivity index (χ1v) is 7.15. The number of aromatic hydroxyl groups is 1. The highest BCUT2D eigenvalue weighted by Crippen LogP contribution is 2.29. The smallest absolute Gasteiger partial charge is 0.259 e. The summed E-state index contributed by atoms with van der Waals surface area (Å²) in [5, 5.41) is 14.8. The lowest BCUT2D eigenvalue weighted by Crippen LogP contribution is -2.13. The lowest BCUT2D eigenvalue weighted by molar-refractivity contribution is 0.102. The Balaban J connectivity index is 1.99. The van der Waals surface area contributed by atoms with Gasteiger partial charge in [0.05, 0.1) is 5.56 Å². The third-order valence-electron chi connectivity index (χ3n) is 3.79. The van der Waals surface area contributed by atoms with E-state index in [2.05, 4.69) is 5.32 Å². The average molecular weight is 291 g/mol. The largest absolute Gasteiger partial charge is 0.506 e. The van der Waals surface area contributed by atoms with E-state index in [4.69, 9.17) is 0 Å². The van der Waals surface area contributed by atoms with Crippen molar-refractivity contribution < 1.29 is 9.90 Å². The van der Waals surface area contributed by atoms with Gasteiger partial charge in [-0.3, -0.25) is 4.79 Å². The van der Waals surface area contributed by atoms with Gasteiger partial charge in [0.15, 0.2) is 0 Å². The van der Waals surface area contributed by atoms with E-state index < -0.39 is 0 Å². The number of hydrogen-bond donors (Lipinski definition) is 2. The second kappa shape index (κ2) is 5.53. The molecule has 0 aliphatic carbocycles. The van der Waals surface area contributed by atoms with E-state index in [1.54, 1.807) is 12.1 Å². The van der Waals surface area contributed by atoms with Crippen LogP contribution in [0.5, 0.6) is 5.75 Å². The van der Waals surface area contributed by atoms with Gasteiger partial charge in [-0.25, -0.2) is 0 Å². The summed E-state index contributed by atoms with van der Waals surface area (Å²) >= 11 is 0. The second-order valence-electron chi connectivity index (χ2n) is 5.46. The number of benzene rings is 3. The van der Waals surface area contributed by atoms with Crippen molar-refractivity contribution in [2.24, 2.45) is 0 Å². The maximum atomic E-state index is 12.5. The summed E-state index contributed by atoms with van der Waals surface area (Å²) in [7, 11) is 0. The number of carbonyl (C=O) groups excluding carboxylic acids is 1. The Morgan fingerprint density at radius 1 is 1.00 bits per heavy atom. The van der Waals surface area contributed by atoms with Gasteiger partial charge < -0.3 is 10.4 Å². The van der Waals surface area contributed by atoms with Crippen LogP contribution in [-0.4, -0.2) is 11.0 Å². The average Bonchev–Trinajstić information content (AvgIpc) is 2.51. The van der Waals surface area contributed by atoms with Crippen molar-refractivity contribution in [1.82, 2.24) is 0 Å². The molecule has 0 aliphatic rings. The summed E-state index contributed by atoms with van der Waals surface area (Å²) in [4.78, 5) is 12.5. The van der Waals surface area contributed by atoms with Crippen molar-refractivity contribution in [2.75, 3.05) is 5.32 Å². The Bertz CT molecular complexity index is 868. The zero-order valence-corrected chi connectivity index (χ0v) is 12.6. The van der Waals surface area contributed by atoms with Crippen LogP contribution in [0.15, 0.2) is 54.6 Å². The van der Waals surface area contributed by atoms with Crippen LogP contribution in [0.3, 0.4) is 0 Å². The number of fused-ring (bicyclic) bond motifs is 1. The predicted octanol–water partition coefficient (Wildman–Crippen LogP) is 4.41. The van der Waals surface area contributed by atoms with Crippen molar-refractivity contribution in [3.8, 4) is 5.75 Å². The van der Waals surface area contributed by atoms with Crippen molar-refractivity contribution >= 4 is 22.4 Å². The zero-order valence-electron chi connectivity index (χ0n) is 12.6. The van der Waals surface area contributed by atoms with Crippen molar-refractivity contribution in [3.63, 3.8) is 0 Å². The number of anilines is 1. The molecule has 0 unspecified atom stereocenters. The fraction of sp³-hybridized carbons (Fsp3) is 0.105. The van der Waals surface area contributed by atoms with Crippen LogP contribution in [0.1, 0.15) is 21.5 Å². The normalized spacial score (nSPS) is 10.6. The standard InChI is InChI=1S/C19H17NO2/c1-12-7-8-13(2)17(11-12)20-19(22)16-10-9-14-5-3-4-6-15(14)18(16)21/h3-11,21H,1-2H3,(H,20,22). The summed E-state index contributed by atoms with van der Waals surface area (Å²) in [6.45, 7) is 3.91. The van der Waals surface area contributed by atoms with Crippen molar-refractivity contribution in [1.29, 1.82) is 0 Å². The third kappa shape index (κ3) is 2.53. The second-order valence-corrected chi connectivity index (χ2v) is 5.46. The van der Waals surface area contributed by atoms with Gasteiger partial charge in [-0.1, -0.05) is 42.5 Å². The molecule has 0 aliphatic heterocycles. The van der Waals surface area contributed by atoms with Gasteiger partial charge in [-0.05, 0) is 42.5 Å². The number of phenols is 1. The molecule has 0 saturated carbocycles. The SMILES string of the molecule is Cc1ccc(C)c(NC(=O)c2ccc3ccccc3c2O)c1. The molecule has 0 fully saturated rings. The number of phenolic OH excluding ortho intramolecular Hbond substituents is 1. The first kappa shape index (κ1) is 14.1. The zero-order chi connectivity index (χ0) is 15.7. The highest BCUT2D eigenvalue weighted by molar-refractivity contribution is 6.10. The summed E-state index contributed by atoms with van der Waals surface area (Å²) in [6.07, 6.45) is 0. The van der Waals surface area contributed by atoms with Gasteiger partial charge in [0, 0.05) is 11.1 Å². The summed E-state index contributed by atoms with van der Waals surface area (Å²) in [6, 6.07) is 16.8. The van der Waals surface area contributed by atoms with Crippen LogP contribution >= 0.6 is 0 Å². The molecule has 0 heterocycles. The van der Waals surface area contributed by atoms with E-state index in [0.717, 1.165) is 22.2 Å². The molecule has 0 spiro atoms. The molecule has 22 heavy (non-hydrogen) atoms. The highest BCUT2D eigenvalue weighted by Gasteiger charge is 2.14. The molecule has 2 N–H and O–H groups in total. The Hall–Kier alpha value is -2.81. The Labute approximate surface area is 129 Å². The van der Waals surface area contributed by atoms with E-state index in [9.17, 15) is 9.90 Å². The van der Waals surface area contributed by atoms with Crippen LogP contribution in [-0.2, 0) is 0 Å². The van der Waals surface area contributed by atoms with E-state index >= 15 is 0 Å². The lowest BCUT2D eigenvalue weighted by atomic mass is 10.0. The van der Waals surface area contributed by atoms with Crippen LogP contribution < -0.4 is 5.32 Å². The van der Waals surface area contributed by atoms with E-state index in [-0.39, 0.29) is 17.2 Å². The quantitative estimate of drug-likeness (QED) is 0.734. The van der Waals surface area contributed by atoms with Crippen molar-refractivity contribution in [3.05, 3.63) is 71.3 Å². The van der Waals surface area contributed by atoms with Gasteiger partial charge in [-0.15, -0.1) is 0 Å². The Morgan fingerprint density at radius 3 is 2.59 bits per heavy atom. The molecule has 3 aromatic carbocycles. The third-order valence-corrected chi connectivity index (χ3v) is 3.79. The van der Waals surface area contributed by atoms with Crippen molar-refractivity contribution in [2.45, 2.75) is 13.8 Å². The van der Waals surface area contributed by atoms with E-state index in [1.807, 2.05) is 56.3 Å². The lowest BCUT2D eigenvalue weighted by Gasteiger charge is -2.11. The number of aryl methyl sites for hydroxylation is 2. The topological polar surface area (TPSA) is 49.3 Å². The molecule has 0 radical (unpaired) electrons. The molecule has 0 atom stereocenters. The first-order chi connectivity index (χ1) is 10.6. The monoisotopic (exact) mass is 291 g/mol. The molecule has 1 amide bonds. The van der Waals surface area contributed by atoms with E-state index in [0.29, 0.717) is 5.39 Å². The molecular weight excluding hydrogens is 274 g/mol. The first-order valence-electron chi connectivity index (χ1n) is 7.15.